The van der Waals surface area contributed by atoms with Crippen molar-refractivity contribution in [1.29, 1.82) is 0 Å². The van der Waals surface area contributed by atoms with Gasteiger partial charge >= 0.3 is 0 Å². The molecule has 1 unspecified atom stereocenters. The summed E-state index contributed by atoms with van der Waals surface area (Å²) in [5, 5.41) is 13.2. The third-order valence-corrected chi connectivity index (χ3v) is 3.85. The zero-order chi connectivity index (χ0) is 14.2. The molecule has 0 spiro atoms. The van der Waals surface area contributed by atoms with Gasteiger partial charge in [-0.3, -0.25) is 0 Å². The number of aromatic nitrogens is 4. The zero-order valence-electron chi connectivity index (χ0n) is 11.8. The molecule has 1 atom stereocenters. The molecule has 3 rings (SSSR count). The predicted molar refractivity (Wildman–Crippen MR) is 77.9 cm³/mol. The summed E-state index contributed by atoms with van der Waals surface area (Å²) in [6, 6.07) is 0. The first-order valence-corrected chi connectivity index (χ1v) is 6.95. The lowest BCUT2D eigenvalue weighted by Gasteiger charge is -2.23. The van der Waals surface area contributed by atoms with Crippen molar-refractivity contribution in [1.82, 2.24) is 19.9 Å². The average molecular weight is 276 g/mol. The Hall–Kier alpha value is -1.89. The van der Waals surface area contributed by atoms with Crippen molar-refractivity contribution in [3.05, 3.63) is 6.33 Å². The molecule has 1 fully saturated rings. The fourth-order valence-electron chi connectivity index (χ4n) is 2.63. The molecule has 0 saturated carbocycles. The summed E-state index contributed by atoms with van der Waals surface area (Å²) in [7, 11) is 1.80. The molecule has 2 aromatic heterocycles. The van der Waals surface area contributed by atoms with E-state index in [0.717, 1.165) is 43.7 Å². The molecule has 2 aromatic rings. The minimum absolute atomic E-state index is 0.565. The summed E-state index contributed by atoms with van der Waals surface area (Å²) in [4.78, 5) is 18.4. The minimum Gasteiger partial charge on any atom is -0.390 e. The lowest BCUT2D eigenvalue weighted by Crippen LogP contribution is -2.29. The molecule has 0 amide bonds. The van der Waals surface area contributed by atoms with Gasteiger partial charge in [0.2, 0.25) is 5.95 Å². The van der Waals surface area contributed by atoms with Crippen LogP contribution in [0, 0.1) is 0 Å². The lowest BCUT2D eigenvalue weighted by molar-refractivity contribution is 0.0481. The monoisotopic (exact) mass is 276 g/mol. The van der Waals surface area contributed by atoms with Crippen molar-refractivity contribution in [2.75, 3.05) is 30.4 Å². The lowest BCUT2D eigenvalue weighted by atomic mass is 9.98. The Morgan fingerprint density at radius 1 is 1.35 bits per heavy atom. The topological polar surface area (TPSA) is 90.0 Å². The van der Waals surface area contributed by atoms with Crippen molar-refractivity contribution in [2.45, 2.75) is 31.8 Å². The van der Waals surface area contributed by atoms with Crippen LogP contribution in [0.2, 0.25) is 0 Å². The molecule has 3 heterocycles. The molecule has 0 aromatic carbocycles. The van der Waals surface area contributed by atoms with Gasteiger partial charge in [-0.15, -0.1) is 0 Å². The van der Waals surface area contributed by atoms with Gasteiger partial charge in [-0.25, -0.2) is 4.98 Å². The standard InChI is InChI=1S/C13H20N6O/c1-13(20)4-3-6-19(7-5-13)11-9-10(16-8-15-9)17-12(14-2)18-11/h8,20H,3-7H2,1-2H3,(H2,14,15,16,17,18). The fraction of sp³-hybridized carbons (Fsp3) is 0.615. The van der Waals surface area contributed by atoms with Crippen LogP contribution in [0.5, 0.6) is 0 Å². The van der Waals surface area contributed by atoms with E-state index in [-0.39, 0.29) is 0 Å². The van der Waals surface area contributed by atoms with Crippen molar-refractivity contribution < 1.29 is 5.11 Å². The second-order valence-electron chi connectivity index (χ2n) is 5.56. The third-order valence-electron chi connectivity index (χ3n) is 3.85. The van der Waals surface area contributed by atoms with E-state index < -0.39 is 5.60 Å². The fourth-order valence-corrected chi connectivity index (χ4v) is 2.63. The van der Waals surface area contributed by atoms with Crippen molar-refractivity contribution in [2.24, 2.45) is 0 Å². The Morgan fingerprint density at radius 2 is 2.20 bits per heavy atom. The number of anilines is 2. The maximum Gasteiger partial charge on any atom is 0.226 e. The summed E-state index contributed by atoms with van der Waals surface area (Å²) in [5.74, 6) is 1.42. The molecule has 1 aliphatic heterocycles. The van der Waals surface area contributed by atoms with Crippen LogP contribution in [0.1, 0.15) is 26.2 Å². The maximum atomic E-state index is 10.2. The molecule has 1 aliphatic rings. The molecule has 0 radical (unpaired) electrons. The van der Waals surface area contributed by atoms with Gasteiger partial charge in [-0.05, 0) is 26.2 Å². The summed E-state index contributed by atoms with van der Waals surface area (Å²) in [6.07, 6.45) is 4.14. The van der Waals surface area contributed by atoms with Crippen LogP contribution >= 0.6 is 0 Å². The third kappa shape index (κ3) is 2.40. The summed E-state index contributed by atoms with van der Waals surface area (Å²) >= 11 is 0. The van der Waals surface area contributed by atoms with Gasteiger partial charge in [0.1, 0.15) is 5.52 Å². The first-order chi connectivity index (χ1) is 9.59. The Bertz CT molecular complexity index is 608. The first-order valence-electron chi connectivity index (χ1n) is 6.95. The summed E-state index contributed by atoms with van der Waals surface area (Å²) < 4.78 is 0. The van der Waals surface area contributed by atoms with Gasteiger partial charge < -0.3 is 20.3 Å². The van der Waals surface area contributed by atoms with E-state index in [4.69, 9.17) is 0 Å². The second-order valence-corrected chi connectivity index (χ2v) is 5.56. The predicted octanol–water partition coefficient (Wildman–Crippen LogP) is 1.14. The van der Waals surface area contributed by atoms with Crippen LogP contribution in [-0.2, 0) is 0 Å². The second kappa shape index (κ2) is 4.90. The number of nitrogens with one attached hydrogen (secondary N) is 2. The smallest absolute Gasteiger partial charge is 0.226 e. The zero-order valence-corrected chi connectivity index (χ0v) is 11.8. The van der Waals surface area contributed by atoms with Gasteiger partial charge in [0.25, 0.3) is 0 Å². The van der Waals surface area contributed by atoms with E-state index in [1.165, 1.54) is 0 Å². The highest BCUT2D eigenvalue weighted by molar-refractivity contribution is 5.84. The van der Waals surface area contributed by atoms with E-state index in [0.29, 0.717) is 11.6 Å². The summed E-state index contributed by atoms with van der Waals surface area (Å²) in [5.41, 5.74) is 0.932. The number of aromatic amines is 1. The molecule has 0 aliphatic carbocycles. The number of aliphatic hydroxyl groups is 1. The molecule has 108 valence electrons. The Kier molecular flexibility index (Phi) is 3.21. The highest BCUT2D eigenvalue weighted by Gasteiger charge is 2.26. The van der Waals surface area contributed by atoms with Gasteiger partial charge in [0, 0.05) is 20.1 Å². The Morgan fingerprint density at radius 3 is 3.00 bits per heavy atom. The van der Waals surface area contributed by atoms with E-state index in [2.05, 4.69) is 30.2 Å². The SMILES string of the molecule is CNc1nc(N2CCCC(C)(O)CC2)c2[nH]cnc2n1. The number of H-pyrrole nitrogens is 1. The maximum absolute atomic E-state index is 10.2. The highest BCUT2D eigenvalue weighted by atomic mass is 16.3. The van der Waals surface area contributed by atoms with Crippen LogP contribution in [0.4, 0.5) is 11.8 Å². The van der Waals surface area contributed by atoms with E-state index in [1.54, 1.807) is 13.4 Å². The minimum atomic E-state index is -0.583. The van der Waals surface area contributed by atoms with Crippen molar-refractivity contribution >= 4 is 22.9 Å². The molecule has 7 nitrogen and oxygen atoms in total. The molecule has 1 saturated heterocycles. The molecule has 20 heavy (non-hydrogen) atoms. The molecule has 7 heteroatoms. The Labute approximate surface area is 117 Å². The number of nitrogens with zero attached hydrogens (tertiary/aromatic N) is 4. The first kappa shape index (κ1) is 13.1. The average Bonchev–Trinajstić information content (AvgIpc) is 2.82. The Balaban J connectivity index is 1.98. The highest BCUT2D eigenvalue weighted by Crippen LogP contribution is 2.28. The molecular weight excluding hydrogens is 256 g/mol. The summed E-state index contributed by atoms with van der Waals surface area (Å²) in [6.45, 7) is 3.56. The number of rotatable bonds is 2. The van der Waals surface area contributed by atoms with Gasteiger partial charge in [0.05, 0.1) is 11.9 Å². The van der Waals surface area contributed by atoms with Crippen LogP contribution in [-0.4, -0.2) is 50.8 Å². The number of fused-ring (bicyclic) bond motifs is 1. The van der Waals surface area contributed by atoms with Crippen molar-refractivity contribution in [3.63, 3.8) is 0 Å². The largest absolute Gasteiger partial charge is 0.390 e. The van der Waals surface area contributed by atoms with Gasteiger partial charge in [-0.1, -0.05) is 0 Å². The number of imidazole rings is 1. The van der Waals surface area contributed by atoms with Crippen LogP contribution in [0.3, 0.4) is 0 Å². The van der Waals surface area contributed by atoms with Gasteiger partial charge in [-0.2, -0.15) is 9.97 Å². The van der Waals surface area contributed by atoms with Gasteiger partial charge in [0.15, 0.2) is 11.5 Å². The normalized spacial score (nSPS) is 23.9. The number of hydrogen-bond acceptors (Lipinski definition) is 6. The van der Waals surface area contributed by atoms with Crippen LogP contribution in [0.15, 0.2) is 6.33 Å². The molecule has 3 N–H and O–H groups in total. The number of hydrogen-bond donors (Lipinski definition) is 3. The van der Waals surface area contributed by atoms with Crippen LogP contribution < -0.4 is 10.2 Å². The van der Waals surface area contributed by atoms with Crippen LogP contribution in [0.25, 0.3) is 11.2 Å². The molecular formula is C13H20N6O. The van der Waals surface area contributed by atoms with Crippen molar-refractivity contribution in [3.8, 4) is 0 Å². The molecule has 0 bridgehead atoms. The van der Waals surface area contributed by atoms with E-state index >= 15 is 0 Å². The quantitative estimate of drug-likeness (QED) is 0.762. The van der Waals surface area contributed by atoms with E-state index in [9.17, 15) is 5.11 Å². The van der Waals surface area contributed by atoms with E-state index in [1.807, 2.05) is 6.92 Å².